The number of carbonyl (C=O) groups excluding carboxylic acids is 1. The lowest BCUT2D eigenvalue weighted by molar-refractivity contribution is -0.115. The van der Waals surface area contributed by atoms with E-state index < -0.39 is 0 Å². The lowest BCUT2D eigenvalue weighted by Crippen LogP contribution is -2.30. The van der Waals surface area contributed by atoms with Gasteiger partial charge in [-0.3, -0.25) is 4.79 Å². The Kier molecular flexibility index (Phi) is 7.10. The van der Waals surface area contributed by atoms with E-state index in [1.54, 1.807) is 20.4 Å². The van der Waals surface area contributed by atoms with Crippen LogP contribution in [0.15, 0.2) is 42.6 Å². The van der Waals surface area contributed by atoms with Crippen molar-refractivity contribution in [3.63, 3.8) is 0 Å². The van der Waals surface area contributed by atoms with E-state index in [9.17, 15) is 4.79 Å². The minimum absolute atomic E-state index is 0.126. The van der Waals surface area contributed by atoms with E-state index in [0.717, 1.165) is 40.0 Å². The first-order valence-electron chi connectivity index (χ1n) is 9.58. The maximum atomic E-state index is 12.5. The highest BCUT2D eigenvalue weighted by Gasteiger charge is 2.11. The molecular formula is C22H26N4O3. The van der Waals surface area contributed by atoms with E-state index in [-0.39, 0.29) is 12.5 Å². The van der Waals surface area contributed by atoms with Crippen molar-refractivity contribution in [2.24, 2.45) is 0 Å². The van der Waals surface area contributed by atoms with Crippen molar-refractivity contribution in [1.82, 2.24) is 15.3 Å². The molecule has 7 nitrogen and oxygen atoms in total. The molecule has 7 heteroatoms. The summed E-state index contributed by atoms with van der Waals surface area (Å²) in [7, 11) is 3.25. The third-order valence-corrected chi connectivity index (χ3v) is 4.52. The summed E-state index contributed by atoms with van der Waals surface area (Å²) in [5.41, 5.74) is 2.46. The number of nitrogens with one attached hydrogen (secondary N) is 2. The Bertz CT molecular complexity index is 991. The molecule has 0 aliphatic heterocycles. The number of rotatable bonds is 9. The Balaban J connectivity index is 1.96. The minimum atomic E-state index is -0.126. The number of hydrogen-bond acceptors (Lipinski definition) is 6. The predicted molar refractivity (Wildman–Crippen MR) is 114 cm³/mol. The second kappa shape index (κ2) is 9.95. The average molecular weight is 394 g/mol. The number of anilines is 1. The van der Waals surface area contributed by atoms with Crippen LogP contribution in [0.1, 0.15) is 12.7 Å². The van der Waals surface area contributed by atoms with Gasteiger partial charge in [0.25, 0.3) is 0 Å². The van der Waals surface area contributed by atoms with Gasteiger partial charge in [-0.05, 0) is 35.7 Å². The molecule has 3 rings (SSSR count). The molecule has 0 atom stereocenters. The fourth-order valence-electron chi connectivity index (χ4n) is 3.02. The molecule has 2 N–H and O–H groups in total. The van der Waals surface area contributed by atoms with Crippen LogP contribution in [0.4, 0.5) is 5.69 Å². The molecule has 0 radical (unpaired) electrons. The lowest BCUT2D eigenvalue weighted by atomic mass is 10.0. The van der Waals surface area contributed by atoms with E-state index in [4.69, 9.17) is 9.47 Å². The van der Waals surface area contributed by atoms with Crippen LogP contribution in [0.3, 0.4) is 0 Å². The first-order chi connectivity index (χ1) is 14.1. The Labute approximate surface area is 170 Å². The zero-order valence-electron chi connectivity index (χ0n) is 17.0. The van der Waals surface area contributed by atoms with Crippen LogP contribution < -0.4 is 15.4 Å². The molecule has 0 saturated carbocycles. The van der Waals surface area contributed by atoms with Crippen molar-refractivity contribution in [2.75, 3.05) is 39.2 Å². The molecular weight excluding hydrogens is 368 g/mol. The second-order valence-electron chi connectivity index (χ2n) is 6.54. The fourth-order valence-corrected chi connectivity index (χ4v) is 3.02. The first-order valence-corrected chi connectivity index (χ1v) is 9.58. The van der Waals surface area contributed by atoms with E-state index in [1.165, 1.54) is 0 Å². The van der Waals surface area contributed by atoms with Gasteiger partial charge < -0.3 is 20.1 Å². The maximum absolute atomic E-state index is 12.5. The van der Waals surface area contributed by atoms with Gasteiger partial charge in [0.1, 0.15) is 11.6 Å². The van der Waals surface area contributed by atoms with Gasteiger partial charge in [0.15, 0.2) is 0 Å². The number of ether oxygens (including phenoxy) is 2. The molecule has 29 heavy (non-hydrogen) atoms. The fraction of sp³-hybridized carbons (Fsp3) is 0.318. The normalized spacial score (nSPS) is 10.9. The van der Waals surface area contributed by atoms with Gasteiger partial charge >= 0.3 is 0 Å². The lowest BCUT2D eigenvalue weighted by Gasteiger charge is -2.13. The highest BCUT2D eigenvalue weighted by Crippen LogP contribution is 2.32. The molecule has 1 heterocycles. The smallest absolute Gasteiger partial charge is 0.238 e. The van der Waals surface area contributed by atoms with E-state index >= 15 is 0 Å². The van der Waals surface area contributed by atoms with Crippen LogP contribution in [-0.2, 0) is 16.0 Å². The van der Waals surface area contributed by atoms with E-state index in [2.05, 4.69) is 26.7 Å². The monoisotopic (exact) mass is 394 g/mol. The molecule has 2 aromatic carbocycles. The number of fused-ring (bicyclic) bond motifs is 1. The van der Waals surface area contributed by atoms with Gasteiger partial charge in [-0.25, -0.2) is 9.97 Å². The van der Waals surface area contributed by atoms with E-state index in [1.807, 2.05) is 37.3 Å². The number of methoxy groups -OCH3 is 2. The number of amides is 1. The highest BCUT2D eigenvalue weighted by atomic mass is 16.5. The summed E-state index contributed by atoms with van der Waals surface area (Å²) in [6.45, 7) is 3.39. The summed E-state index contributed by atoms with van der Waals surface area (Å²) < 4.78 is 10.3. The van der Waals surface area contributed by atoms with Crippen LogP contribution >= 0.6 is 0 Å². The Morgan fingerprint density at radius 2 is 2.00 bits per heavy atom. The first kappa shape index (κ1) is 20.7. The number of carbonyl (C=O) groups is 1. The van der Waals surface area contributed by atoms with Crippen molar-refractivity contribution in [1.29, 1.82) is 0 Å². The van der Waals surface area contributed by atoms with Gasteiger partial charge in [0.05, 0.1) is 26.0 Å². The summed E-state index contributed by atoms with van der Waals surface area (Å²) >= 11 is 0. The predicted octanol–water partition coefficient (Wildman–Crippen LogP) is 3.04. The number of benzene rings is 2. The van der Waals surface area contributed by atoms with E-state index in [0.29, 0.717) is 18.8 Å². The van der Waals surface area contributed by atoms with Gasteiger partial charge in [-0.2, -0.15) is 0 Å². The minimum Gasteiger partial charge on any atom is -0.497 e. The molecule has 0 spiro atoms. The quantitative estimate of drug-likeness (QED) is 0.543. The zero-order valence-corrected chi connectivity index (χ0v) is 17.0. The molecule has 0 bridgehead atoms. The number of aromatic nitrogens is 2. The Hall–Kier alpha value is -3.03. The Morgan fingerprint density at radius 3 is 2.76 bits per heavy atom. The number of aryl methyl sites for hydroxylation is 1. The van der Waals surface area contributed by atoms with Crippen LogP contribution in [0.2, 0.25) is 0 Å². The Morgan fingerprint density at radius 1 is 1.14 bits per heavy atom. The third-order valence-electron chi connectivity index (χ3n) is 4.52. The summed E-state index contributed by atoms with van der Waals surface area (Å²) in [6, 6.07) is 11.7. The van der Waals surface area contributed by atoms with Crippen LogP contribution in [0.25, 0.3) is 22.0 Å². The van der Waals surface area contributed by atoms with Crippen molar-refractivity contribution in [3.05, 3.63) is 48.4 Å². The maximum Gasteiger partial charge on any atom is 0.238 e. The molecule has 1 amide bonds. The molecule has 1 aromatic heterocycles. The average Bonchev–Trinajstić information content (AvgIpc) is 2.76. The van der Waals surface area contributed by atoms with Gasteiger partial charge in [-0.15, -0.1) is 0 Å². The third kappa shape index (κ3) is 5.28. The number of hydrogen-bond donors (Lipinski definition) is 2. The highest BCUT2D eigenvalue weighted by molar-refractivity contribution is 6.05. The molecule has 0 unspecified atom stereocenters. The molecule has 3 aromatic rings. The molecule has 0 aliphatic rings. The van der Waals surface area contributed by atoms with Crippen LogP contribution in [0, 0.1) is 0 Å². The number of nitrogens with zero attached hydrogens (tertiary/aromatic N) is 2. The van der Waals surface area contributed by atoms with Gasteiger partial charge in [-0.1, -0.05) is 13.0 Å². The summed E-state index contributed by atoms with van der Waals surface area (Å²) in [5.74, 6) is 1.39. The van der Waals surface area contributed by atoms with Crippen LogP contribution in [0.5, 0.6) is 5.75 Å². The SMILES string of the molecule is CCc1nccc(-c2cc(NC(=O)CNCCOC)c3cc(OC)ccc3c2)n1. The zero-order chi connectivity index (χ0) is 20.6. The van der Waals surface area contributed by atoms with Crippen molar-refractivity contribution in [3.8, 4) is 17.0 Å². The van der Waals surface area contributed by atoms with Gasteiger partial charge in [0.2, 0.25) is 5.91 Å². The topological polar surface area (TPSA) is 85.4 Å². The molecule has 152 valence electrons. The standard InChI is InChI=1S/C22H26N4O3/c1-4-21-24-8-7-19(25-21)16-11-15-5-6-17(29-3)13-18(15)20(12-16)26-22(27)14-23-9-10-28-2/h5-8,11-13,23H,4,9-10,14H2,1-3H3,(H,26,27). The molecule has 0 aliphatic carbocycles. The summed E-state index contributed by atoms with van der Waals surface area (Å²) in [4.78, 5) is 21.3. The van der Waals surface area contributed by atoms with Gasteiger partial charge in [0, 0.05) is 42.9 Å². The summed E-state index contributed by atoms with van der Waals surface area (Å²) in [5, 5.41) is 7.96. The van der Waals surface area contributed by atoms with Crippen molar-refractivity contribution < 1.29 is 14.3 Å². The second-order valence-corrected chi connectivity index (χ2v) is 6.54. The molecule has 0 fully saturated rings. The molecule has 0 saturated heterocycles. The van der Waals surface area contributed by atoms with Crippen molar-refractivity contribution in [2.45, 2.75) is 13.3 Å². The summed E-state index contributed by atoms with van der Waals surface area (Å²) in [6.07, 6.45) is 2.52. The van der Waals surface area contributed by atoms with Crippen molar-refractivity contribution >= 4 is 22.4 Å². The van der Waals surface area contributed by atoms with Crippen LogP contribution in [-0.4, -0.2) is 49.8 Å². The largest absolute Gasteiger partial charge is 0.497 e.